The number of nitrogen functional groups attached to an aromatic ring is 1. The molecule has 0 spiro atoms. The van der Waals surface area contributed by atoms with Gasteiger partial charge in [0.05, 0.1) is 37.9 Å². The number of anilines is 1. The maximum absolute atomic E-state index is 13.4. The normalized spacial score (nSPS) is 22.0. The number of benzene rings is 1. The molecule has 3 amide bonds. The molecule has 3 aliphatic heterocycles. The molecule has 0 radical (unpaired) electrons. The first-order valence-electron chi connectivity index (χ1n) is 15.3. The third kappa shape index (κ3) is 8.09. The van der Waals surface area contributed by atoms with Crippen LogP contribution < -0.4 is 16.4 Å². The molecule has 1 aromatic heterocycles. The van der Waals surface area contributed by atoms with E-state index in [1.807, 2.05) is 0 Å². The number of carboxylic acids is 2. The molecule has 0 unspecified atom stereocenters. The maximum atomic E-state index is 13.4. The van der Waals surface area contributed by atoms with Gasteiger partial charge >= 0.3 is 11.9 Å². The number of halogens is 1. The number of aromatic nitrogens is 1. The number of thioether (sulfide) groups is 2. The number of rotatable bonds is 14. The number of aliphatic carboxylic acids is 2. The first kappa shape index (κ1) is 38.7. The average Bonchev–Trinajstić information content (AvgIpc) is 3.70. The lowest BCUT2D eigenvalue weighted by Gasteiger charge is -2.41. The van der Waals surface area contributed by atoms with Crippen molar-refractivity contribution in [3.8, 4) is 11.5 Å². The Morgan fingerprint density at radius 2 is 1.90 bits per heavy atom. The van der Waals surface area contributed by atoms with Crippen LogP contribution >= 0.6 is 46.5 Å². The third-order valence-corrected chi connectivity index (χ3v) is 12.1. The fourth-order valence-corrected chi connectivity index (χ4v) is 8.73. The second kappa shape index (κ2) is 15.6. The molecule has 8 N–H and O–H groups in total. The minimum Gasteiger partial charge on any atom is -0.504 e. The Labute approximate surface area is 312 Å². The average molecular weight is 801 g/mol. The molecule has 3 aliphatic rings. The number of nitrogens with one attached hydrogen (secondary N) is 2. The van der Waals surface area contributed by atoms with Gasteiger partial charge in [-0.25, -0.2) is 14.6 Å². The van der Waals surface area contributed by atoms with Gasteiger partial charge in [0.25, 0.3) is 11.8 Å². The van der Waals surface area contributed by atoms with Gasteiger partial charge in [-0.2, -0.15) is 5.10 Å². The minimum absolute atomic E-state index is 0.0241. The lowest BCUT2D eigenvalue weighted by atomic mass is 10.1. The van der Waals surface area contributed by atoms with Gasteiger partial charge in [0.2, 0.25) is 11.5 Å². The number of hydrogen-bond acceptors (Lipinski definition) is 17. The topological polar surface area (TPSA) is 279 Å². The molecule has 3 fully saturated rings. The van der Waals surface area contributed by atoms with E-state index in [2.05, 4.69) is 25.9 Å². The molecule has 52 heavy (non-hydrogen) atoms. The van der Waals surface area contributed by atoms with Gasteiger partial charge in [-0.05, 0) is 26.0 Å². The summed E-state index contributed by atoms with van der Waals surface area (Å²) in [5.74, 6) is -5.78. The van der Waals surface area contributed by atoms with Gasteiger partial charge in [0.1, 0.15) is 17.1 Å². The number of nitrogens with two attached hydrogens (primary N) is 1. The number of phenols is 2. The molecular formula is C29H33ClN8O11S3. The van der Waals surface area contributed by atoms with Crippen molar-refractivity contribution in [2.75, 3.05) is 50.9 Å². The second-order valence-electron chi connectivity index (χ2n) is 11.8. The van der Waals surface area contributed by atoms with E-state index in [9.17, 15) is 44.4 Å². The van der Waals surface area contributed by atoms with Crippen LogP contribution in [0.2, 0.25) is 5.02 Å². The number of aromatic hydroxyl groups is 2. The zero-order valence-corrected chi connectivity index (χ0v) is 30.6. The molecule has 23 heteroatoms. The van der Waals surface area contributed by atoms with Crippen molar-refractivity contribution in [3.63, 3.8) is 0 Å². The highest BCUT2D eigenvalue weighted by Gasteiger charge is 2.62. The number of phenolic OH excluding ortho intramolecular Hbond substituents is 2. The number of ether oxygens (including phenoxy) is 1. The third-order valence-electron chi connectivity index (χ3n) is 7.82. The van der Waals surface area contributed by atoms with Crippen LogP contribution in [0.1, 0.15) is 25.1 Å². The number of carbonyl (C=O) groups is 5. The lowest BCUT2D eigenvalue weighted by Crippen LogP contribution is -2.68. The van der Waals surface area contributed by atoms with E-state index in [-0.39, 0.29) is 46.0 Å². The zero-order valence-electron chi connectivity index (χ0n) is 27.4. The second-order valence-corrected chi connectivity index (χ2v) is 16.2. The molecule has 4 heterocycles. The predicted octanol–water partition coefficient (Wildman–Crippen LogP) is 0.141. The molecule has 2 aromatic rings. The van der Waals surface area contributed by atoms with E-state index in [1.165, 1.54) is 36.3 Å². The van der Waals surface area contributed by atoms with E-state index in [0.717, 1.165) is 34.9 Å². The number of hydrogen-bond donors (Lipinski definition) is 7. The van der Waals surface area contributed by atoms with Gasteiger partial charge in [-0.3, -0.25) is 19.4 Å². The Hall–Kier alpha value is -4.51. The highest BCUT2D eigenvalue weighted by atomic mass is 35.5. The molecule has 280 valence electrons. The highest BCUT2D eigenvalue weighted by Crippen LogP contribution is 2.52. The van der Waals surface area contributed by atoms with Gasteiger partial charge < -0.3 is 51.3 Å². The standard InChI is InChI=1S/C29H33ClN8O11S3/c1-28(2,25(44)45)49-36-18(14-11-50-27(31)33-14)22(42)34-19-23(43)38-12-29(26(46)47,52-24(19)38)51-10-5-32-21(41)17(35-37-6-8-48-9-7-37)13-3-4-15(39)20(40)16(13)30/h3-4,11,19,24,39-40H,5-10,12H2,1-2H3,(H2,31,33)(H,32,41)(H,34,42)(H,44,45)(H,46,47)/b35-17-,36-18-/t19-,24-,29-/m1/s1. The minimum atomic E-state index is -1.81. The van der Waals surface area contributed by atoms with Gasteiger partial charge in [-0.15, -0.1) is 34.9 Å². The van der Waals surface area contributed by atoms with Gasteiger partial charge in [-0.1, -0.05) is 16.8 Å². The summed E-state index contributed by atoms with van der Waals surface area (Å²) in [6.45, 7) is 3.71. The summed E-state index contributed by atoms with van der Waals surface area (Å²) >= 11 is 9.16. The van der Waals surface area contributed by atoms with E-state index in [4.69, 9.17) is 26.9 Å². The number of fused-ring (bicyclic) bond motifs is 1. The Morgan fingerprint density at radius 3 is 2.54 bits per heavy atom. The Balaban J connectivity index is 1.24. The molecular weight excluding hydrogens is 768 g/mol. The molecule has 0 bridgehead atoms. The van der Waals surface area contributed by atoms with Crippen molar-refractivity contribution in [2.45, 2.75) is 34.9 Å². The first-order chi connectivity index (χ1) is 24.5. The number of amides is 3. The van der Waals surface area contributed by atoms with Crippen molar-refractivity contribution in [1.29, 1.82) is 0 Å². The van der Waals surface area contributed by atoms with Crippen LogP contribution in [0.5, 0.6) is 11.5 Å². The quantitative estimate of drug-likeness (QED) is 0.0440. The van der Waals surface area contributed by atoms with Crippen LogP contribution in [0.25, 0.3) is 0 Å². The summed E-state index contributed by atoms with van der Waals surface area (Å²) < 4.78 is 3.77. The monoisotopic (exact) mass is 800 g/mol. The number of hydrazone groups is 1. The van der Waals surface area contributed by atoms with Crippen molar-refractivity contribution in [3.05, 3.63) is 33.8 Å². The summed E-state index contributed by atoms with van der Waals surface area (Å²) in [6, 6.07) is 1.35. The number of thiazole rings is 1. The van der Waals surface area contributed by atoms with Crippen LogP contribution in [-0.2, 0) is 33.5 Å². The summed E-state index contributed by atoms with van der Waals surface area (Å²) in [5.41, 5.74) is 3.34. The Morgan fingerprint density at radius 1 is 1.19 bits per heavy atom. The summed E-state index contributed by atoms with van der Waals surface area (Å²) in [7, 11) is 0. The lowest BCUT2D eigenvalue weighted by molar-refractivity contribution is -0.161. The molecule has 19 nitrogen and oxygen atoms in total. The predicted molar refractivity (Wildman–Crippen MR) is 190 cm³/mol. The number of carboxylic acid groups (broad SMARTS) is 2. The SMILES string of the molecule is CC(C)(O/N=C(\C(=O)N[C@@H]1C(=O)N2C[C@](SCCNC(=O)/C(=N\N3CCOCC3)c3ccc(O)c(O)c3Cl)(C(=O)O)S[C@H]12)c1csc(N)n1)C(=O)O. The number of oxime groups is 1. The number of carbonyl (C=O) groups excluding carboxylic acids is 3. The summed E-state index contributed by atoms with van der Waals surface area (Å²) in [4.78, 5) is 74.4. The van der Waals surface area contributed by atoms with Crippen LogP contribution in [0, 0.1) is 0 Å². The molecule has 1 aromatic carbocycles. The van der Waals surface area contributed by atoms with Crippen LogP contribution in [0.4, 0.5) is 5.13 Å². The highest BCUT2D eigenvalue weighted by molar-refractivity contribution is 8.20. The van der Waals surface area contributed by atoms with Crippen LogP contribution in [0.15, 0.2) is 27.8 Å². The number of morpholine rings is 1. The fourth-order valence-electron chi connectivity index (χ4n) is 4.90. The van der Waals surface area contributed by atoms with Crippen LogP contribution in [0.3, 0.4) is 0 Å². The Kier molecular flexibility index (Phi) is 11.6. The van der Waals surface area contributed by atoms with E-state index in [0.29, 0.717) is 26.3 Å². The van der Waals surface area contributed by atoms with E-state index >= 15 is 0 Å². The molecule has 3 atom stereocenters. The van der Waals surface area contributed by atoms with Gasteiger partial charge in [0, 0.05) is 23.2 Å². The molecule has 0 saturated carbocycles. The molecule has 0 aliphatic carbocycles. The van der Waals surface area contributed by atoms with E-state index in [1.54, 1.807) is 5.01 Å². The largest absolute Gasteiger partial charge is 0.504 e. The maximum Gasteiger partial charge on any atom is 0.350 e. The fraction of sp³-hybridized carbons (Fsp3) is 0.448. The Bertz CT molecular complexity index is 1840. The van der Waals surface area contributed by atoms with Crippen molar-refractivity contribution >= 4 is 92.7 Å². The van der Waals surface area contributed by atoms with Crippen molar-refractivity contribution in [1.82, 2.24) is 25.5 Å². The smallest absolute Gasteiger partial charge is 0.350 e. The molecule has 5 rings (SSSR count). The molecule has 3 saturated heterocycles. The summed E-state index contributed by atoms with van der Waals surface area (Å²) in [6.07, 6.45) is 0. The van der Waals surface area contributed by atoms with Crippen molar-refractivity contribution < 1.29 is 54.0 Å². The van der Waals surface area contributed by atoms with E-state index < -0.39 is 68.0 Å². The van der Waals surface area contributed by atoms with Crippen molar-refractivity contribution in [2.24, 2.45) is 10.3 Å². The van der Waals surface area contributed by atoms with Gasteiger partial charge in [0.15, 0.2) is 32.1 Å². The first-order valence-corrected chi connectivity index (χ1v) is 18.4. The number of nitrogens with zero attached hydrogens (tertiary/aromatic N) is 5. The summed E-state index contributed by atoms with van der Waals surface area (Å²) in [5, 5.41) is 55.0. The number of β-lactam (4-membered cyclic amide) rings is 1. The zero-order chi connectivity index (χ0) is 38.0. The van der Waals surface area contributed by atoms with Crippen LogP contribution in [-0.4, -0.2) is 143 Å².